The van der Waals surface area contributed by atoms with E-state index in [1.165, 1.54) is 30.2 Å². The molecule has 5 nitrogen and oxygen atoms in total. The Morgan fingerprint density at radius 2 is 1.95 bits per heavy atom. The third kappa shape index (κ3) is 4.57. The zero-order chi connectivity index (χ0) is 15.2. The van der Waals surface area contributed by atoms with Gasteiger partial charge in [-0.3, -0.25) is 9.78 Å². The molecule has 2 N–H and O–H groups in total. The van der Waals surface area contributed by atoms with Crippen LogP contribution in [0.5, 0.6) is 0 Å². The lowest BCUT2D eigenvalue weighted by Gasteiger charge is -2.07. The molecule has 0 saturated carbocycles. The van der Waals surface area contributed by atoms with Crippen molar-refractivity contribution < 1.29 is 14.7 Å². The van der Waals surface area contributed by atoms with Gasteiger partial charge in [0.05, 0.1) is 23.2 Å². The molecule has 0 spiro atoms. The fourth-order valence-electron chi connectivity index (χ4n) is 1.55. The minimum atomic E-state index is -1.10. The number of benzene rings is 1. The fraction of sp³-hybridized carbons (Fsp3) is 0.0714. The van der Waals surface area contributed by atoms with E-state index in [1.807, 2.05) is 24.3 Å². The first-order valence-electron chi connectivity index (χ1n) is 5.92. The van der Waals surface area contributed by atoms with Crippen molar-refractivity contribution >= 4 is 45.3 Å². The summed E-state index contributed by atoms with van der Waals surface area (Å²) in [6.45, 7) is 0. The molecule has 2 aromatic rings. The summed E-state index contributed by atoms with van der Waals surface area (Å²) in [6, 6.07) is 8.93. The largest absolute Gasteiger partial charge is 0.478 e. The molecule has 0 unspecified atom stereocenters. The number of carboxylic acids is 1. The van der Waals surface area contributed by atoms with Crippen molar-refractivity contribution in [1.29, 1.82) is 0 Å². The zero-order valence-corrected chi connectivity index (χ0v) is 13.1. The number of nitrogens with one attached hydrogen (secondary N) is 1. The number of anilines is 1. The molecule has 1 aromatic heterocycles. The van der Waals surface area contributed by atoms with Gasteiger partial charge in [0.15, 0.2) is 0 Å². The second kappa shape index (κ2) is 7.24. The second-order valence-corrected chi connectivity index (χ2v) is 5.98. The summed E-state index contributed by atoms with van der Waals surface area (Å²) >= 11 is 4.71. The summed E-state index contributed by atoms with van der Waals surface area (Å²) < 4.78 is 0.970. The van der Waals surface area contributed by atoms with Crippen LogP contribution in [-0.4, -0.2) is 27.7 Å². The molecule has 0 bridgehead atoms. The van der Waals surface area contributed by atoms with Crippen molar-refractivity contribution in [2.24, 2.45) is 0 Å². The van der Waals surface area contributed by atoms with Crippen molar-refractivity contribution in [3.63, 3.8) is 0 Å². The number of aromatic nitrogens is 1. The van der Waals surface area contributed by atoms with Gasteiger partial charge >= 0.3 is 5.97 Å². The summed E-state index contributed by atoms with van der Waals surface area (Å²) in [5, 5.41) is 11.6. The number of carboxylic acid groups (broad SMARTS) is 1. The Morgan fingerprint density at radius 3 is 2.62 bits per heavy atom. The summed E-state index contributed by atoms with van der Waals surface area (Å²) in [6.07, 6.45) is 2.70. The van der Waals surface area contributed by atoms with Gasteiger partial charge in [-0.25, -0.2) is 4.79 Å². The summed E-state index contributed by atoms with van der Waals surface area (Å²) in [5.41, 5.74) is 0.221. The molecule has 0 fully saturated rings. The smallest absolute Gasteiger partial charge is 0.337 e. The lowest BCUT2D eigenvalue weighted by Crippen LogP contribution is -2.16. The Morgan fingerprint density at radius 1 is 1.24 bits per heavy atom. The first-order chi connectivity index (χ1) is 10.1. The van der Waals surface area contributed by atoms with Gasteiger partial charge < -0.3 is 10.4 Å². The molecule has 0 radical (unpaired) electrons. The van der Waals surface area contributed by atoms with Gasteiger partial charge in [0.1, 0.15) is 0 Å². The van der Waals surface area contributed by atoms with Crippen LogP contribution in [0.4, 0.5) is 5.69 Å². The van der Waals surface area contributed by atoms with Crippen LogP contribution in [0.2, 0.25) is 0 Å². The van der Waals surface area contributed by atoms with Gasteiger partial charge in [-0.1, -0.05) is 15.9 Å². The number of carbonyl (C=O) groups excluding carboxylic acids is 1. The van der Waals surface area contributed by atoms with Gasteiger partial charge in [0.25, 0.3) is 0 Å². The molecular weight excluding hydrogens is 356 g/mol. The number of amides is 1. The number of hydrogen-bond acceptors (Lipinski definition) is 4. The maximum absolute atomic E-state index is 11.9. The molecule has 1 heterocycles. The van der Waals surface area contributed by atoms with Crippen LogP contribution in [0.3, 0.4) is 0 Å². The van der Waals surface area contributed by atoms with Crippen molar-refractivity contribution in [1.82, 2.24) is 4.98 Å². The Kier molecular flexibility index (Phi) is 5.35. The van der Waals surface area contributed by atoms with Gasteiger partial charge in [-0.05, 0) is 30.3 Å². The first kappa shape index (κ1) is 15.5. The maximum Gasteiger partial charge on any atom is 0.337 e. The van der Waals surface area contributed by atoms with E-state index in [1.54, 1.807) is 0 Å². The van der Waals surface area contributed by atoms with E-state index in [9.17, 15) is 9.59 Å². The van der Waals surface area contributed by atoms with E-state index in [0.29, 0.717) is 0 Å². The van der Waals surface area contributed by atoms with Gasteiger partial charge in [-0.15, -0.1) is 11.8 Å². The van der Waals surface area contributed by atoms with Crippen LogP contribution in [0.1, 0.15) is 10.4 Å². The highest BCUT2D eigenvalue weighted by atomic mass is 79.9. The molecule has 0 aliphatic heterocycles. The second-order valence-electron chi connectivity index (χ2n) is 4.02. The summed E-state index contributed by atoms with van der Waals surface area (Å²) in [7, 11) is 0. The Hall–Kier alpha value is -1.86. The van der Waals surface area contributed by atoms with Crippen LogP contribution in [-0.2, 0) is 4.79 Å². The van der Waals surface area contributed by atoms with Gasteiger partial charge in [0, 0.05) is 15.6 Å². The average Bonchev–Trinajstić information content (AvgIpc) is 2.47. The van der Waals surface area contributed by atoms with Crippen LogP contribution in [0.15, 0.2) is 52.1 Å². The molecule has 0 aliphatic rings. The zero-order valence-electron chi connectivity index (χ0n) is 10.7. The Labute approximate surface area is 133 Å². The lowest BCUT2D eigenvalue weighted by molar-refractivity contribution is -0.113. The number of rotatable bonds is 5. The molecule has 2 rings (SSSR count). The van der Waals surface area contributed by atoms with E-state index in [0.717, 1.165) is 9.37 Å². The third-order valence-electron chi connectivity index (χ3n) is 2.51. The maximum atomic E-state index is 11.9. The highest BCUT2D eigenvalue weighted by molar-refractivity contribution is 9.10. The van der Waals surface area contributed by atoms with E-state index in [4.69, 9.17) is 5.11 Å². The van der Waals surface area contributed by atoms with Crippen molar-refractivity contribution in [3.05, 3.63) is 52.8 Å². The normalized spacial score (nSPS) is 10.1. The van der Waals surface area contributed by atoms with E-state index in [-0.39, 0.29) is 22.9 Å². The standard InChI is InChI=1S/C14H11BrN2O3S/c15-9-1-3-10(4-2-9)21-8-13(18)17-12-7-16-6-5-11(12)14(19)20/h1-7H,8H2,(H,17,18)(H,19,20). The topological polar surface area (TPSA) is 79.3 Å². The van der Waals surface area contributed by atoms with E-state index in [2.05, 4.69) is 26.2 Å². The fourth-order valence-corrected chi connectivity index (χ4v) is 2.51. The van der Waals surface area contributed by atoms with Crippen LogP contribution in [0.25, 0.3) is 0 Å². The van der Waals surface area contributed by atoms with Crippen molar-refractivity contribution in [2.45, 2.75) is 4.90 Å². The molecule has 1 aromatic carbocycles. The molecule has 7 heteroatoms. The Bertz CT molecular complexity index is 662. The Balaban J connectivity index is 1.96. The SMILES string of the molecule is O=C(CSc1ccc(Br)cc1)Nc1cnccc1C(=O)O. The minimum Gasteiger partial charge on any atom is -0.478 e. The monoisotopic (exact) mass is 366 g/mol. The molecular formula is C14H11BrN2O3S. The predicted molar refractivity (Wildman–Crippen MR) is 84.7 cm³/mol. The molecule has 0 aliphatic carbocycles. The quantitative estimate of drug-likeness (QED) is 0.793. The van der Waals surface area contributed by atoms with Gasteiger partial charge in [-0.2, -0.15) is 0 Å². The first-order valence-corrected chi connectivity index (χ1v) is 7.69. The number of nitrogens with zero attached hydrogens (tertiary/aromatic N) is 1. The number of halogens is 1. The van der Waals surface area contributed by atoms with Crippen molar-refractivity contribution in [2.75, 3.05) is 11.1 Å². The van der Waals surface area contributed by atoms with Crippen LogP contribution >= 0.6 is 27.7 Å². The van der Waals surface area contributed by atoms with E-state index >= 15 is 0 Å². The molecule has 0 saturated heterocycles. The number of thioether (sulfide) groups is 1. The summed E-state index contributed by atoms with van der Waals surface area (Å²) in [4.78, 5) is 27.7. The van der Waals surface area contributed by atoms with Gasteiger partial charge in [0.2, 0.25) is 5.91 Å². The molecule has 21 heavy (non-hydrogen) atoms. The van der Waals surface area contributed by atoms with Crippen molar-refractivity contribution in [3.8, 4) is 0 Å². The predicted octanol–water partition coefficient (Wildman–Crippen LogP) is 3.27. The summed E-state index contributed by atoms with van der Waals surface area (Å²) in [5.74, 6) is -1.19. The number of carbonyl (C=O) groups is 2. The highest BCUT2D eigenvalue weighted by Gasteiger charge is 2.12. The number of pyridine rings is 1. The molecule has 1 amide bonds. The lowest BCUT2D eigenvalue weighted by atomic mass is 10.2. The molecule has 0 atom stereocenters. The van der Waals surface area contributed by atoms with Crippen LogP contribution in [0, 0.1) is 0 Å². The van der Waals surface area contributed by atoms with Crippen LogP contribution < -0.4 is 5.32 Å². The molecule has 108 valence electrons. The minimum absolute atomic E-state index is 0.0204. The van der Waals surface area contributed by atoms with E-state index < -0.39 is 5.97 Å². The number of aromatic carboxylic acids is 1. The average molecular weight is 367 g/mol. The third-order valence-corrected chi connectivity index (χ3v) is 4.05. The number of hydrogen-bond donors (Lipinski definition) is 2. The highest BCUT2D eigenvalue weighted by Crippen LogP contribution is 2.21.